The number of para-hydroxylation sites is 1. The van der Waals surface area contributed by atoms with E-state index in [1.54, 1.807) is 12.1 Å². The second kappa shape index (κ2) is 5.68. The number of tetrazole rings is 1. The largest absolute Gasteiger partial charge is 0.379 e. The summed E-state index contributed by atoms with van der Waals surface area (Å²) in [7, 11) is 0. The number of hydrogen-bond acceptors (Lipinski definition) is 5. The monoisotopic (exact) mass is 275 g/mol. The smallest absolute Gasteiger partial charge is 0.276 e. The lowest BCUT2D eigenvalue weighted by molar-refractivity contribution is -0.128. The minimum Gasteiger partial charge on any atom is -0.379 e. The lowest BCUT2D eigenvalue weighted by Crippen LogP contribution is -2.31. The first-order valence-corrected chi connectivity index (χ1v) is 6.24. The predicted molar refractivity (Wildman–Crippen MR) is 71.7 cm³/mol. The second-order valence-corrected chi connectivity index (χ2v) is 5.33. The van der Waals surface area contributed by atoms with Crippen LogP contribution in [0.4, 0.5) is 0 Å². The Morgan fingerprint density at radius 1 is 1.30 bits per heavy atom. The zero-order valence-electron chi connectivity index (χ0n) is 11.7. The molecule has 1 N–H and O–H groups in total. The van der Waals surface area contributed by atoms with Gasteiger partial charge >= 0.3 is 0 Å². The van der Waals surface area contributed by atoms with Crippen LogP contribution >= 0.6 is 0 Å². The summed E-state index contributed by atoms with van der Waals surface area (Å²) in [4.78, 5) is 18.0. The highest BCUT2D eigenvalue weighted by Crippen LogP contribution is 2.15. The van der Waals surface area contributed by atoms with Gasteiger partial charge in [0.2, 0.25) is 0 Å². The Morgan fingerprint density at radius 3 is 2.60 bits per heavy atom. The zero-order valence-corrected chi connectivity index (χ0v) is 11.7. The van der Waals surface area contributed by atoms with Crippen LogP contribution in [0.25, 0.3) is 0 Å². The van der Waals surface area contributed by atoms with Gasteiger partial charge in [0.1, 0.15) is 6.54 Å². The molecular formula is C13H17N5O2. The molecule has 0 bridgehead atoms. The van der Waals surface area contributed by atoms with E-state index in [-0.39, 0.29) is 17.9 Å². The van der Waals surface area contributed by atoms with Crippen molar-refractivity contribution in [2.45, 2.75) is 32.7 Å². The van der Waals surface area contributed by atoms with Crippen molar-refractivity contribution < 1.29 is 9.63 Å². The maximum atomic E-state index is 11.7. The lowest BCUT2D eigenvalue weighted by Gasteiger charge is -2.11. The highest BCUT2D eigenvalue weighted by Gasteiger charge is 2.20. The molecule has 106 valence electrons. The van der Waals surface area contributed by atoms with Crippen molar-refractivity contribution in [2.24, 2.45) is 0 Å². The summed E-state index contributed by atoms with van der Waals surface area (Å²) in [6.07, 6.45) is 0. The molecule has 1 aromatic heterocycles. The van der Waals surface area contributed by atoms with Crippen molar-refractivity contribution in [1.82, 2.24) is 25.7 Å². The van der Waals surface area contributed by atoms with E-state index in [4.69, 9.17) is 4.84 Å². The van der Waals surface area contributed by atoms with Gasteiger partial charge in [-0.1, -0.05) is 39.0 Å². The quantitative estimate of drug-likeness (QED) is 0.844. The summed E-state index contributed by atoms with van der Waals surface area (Å²) < 4.78 is 0. The van der Waals surface area contributed by atoms with E-state index >= 15 is 0 Å². The number of rotatable bonds is 4. The second-order valence-electron chi connectivity index (χ2n) is 5.33. The van der Waals surface area contributed by atoms with Gasteiger partial charge < -0.3 is 4.84 Å². The van der Waals surface area contributed by atoms with E-state index in [0.717, 1.165) is 0 Å². The van der Waals surface area contributed by atoms with Gasteiger partial charge in [-0.25, -0.2) is 0 Å². The molecule has 20 heavy (non-hydrogen) atoms. The number of aromatic nitrogens is 4. The van der Waals surface area contributed by atoms with E-state index in [1.807, 2.05) is 39.0 Å². The van der Waals surface area contributed by atoms with Crippen LogP contribution in [-0.4, -0.2) is 26.1 Å². The Balaban J connectivity index is 1.87. The predicted octanol–water partition coefficient (Wildman–Crippen LogP) is 1.08. The summed E-state index contributed by atoms with van der Waals surface area (Å²) in [5, 5.41) is 11.9. The fourth-order valence-corrected chi connectivity index (χ4v) is 1.38. The summed E-state index contributed by atoms with van der Waals surface area (Å²) >= 11 is 0. The normalized spacial score (nSPS) is 11.2. The Morgan fingerprint density at radius 2 is 2.00 bits per heavy atom. The van der Waals surface area contributed by atoms with Crippen LogP contribution in [-0.2, 0) is 16.8 Å². The maximum absolute atomic E-state index is 11.7. The highest BCUT2D eigenvalue weighted by molar-refractivity contribution is 5.74. The van der Waals surface area contributed by atoms with Crippen LogP contribution in [0.3, 0.4) is 0 Å². The standard InChI is InChI=1S/C13H17N5O2/c1-13(2,3)12-14-17-18(15-12)9-11(19)16-20-10-7-5-4-6-8-10/h4-8H,9H2,1-3H3,(H,16,19). The van der Waals surface area contributed by atoms with Gasteiger partial charge in [-0.3, -0.25) is 4.79 Å². The maximum Gasteiger partial charge on any atom is 0.276 e. The molecule has 7 nitrogen and oxygen atoms in total. The Kier molecular flexibility index (Phi) is 3.97. The van der Waals surface area contributed by atoms with E-state index in [9.17, 15) is 4.79 Å². The van der Waals surface area contributed by atoms with Crippen LogP contribution in [0.1, 0.15) is 26.6 Å². The van der Waals surface area contributed by atoms with Crippen LogP contribution in [0.2, 0.25) is 0 Å². The zero-order chi connectivity index (χ0) is 14.6. The molecular weight excluding hydrogens is 258 g/mol. The first kappa shape index (κ1) is 14.0. The third-order valence-electron chi connectivity index (χ3n) is 2.43. The van der Waals surface area contributed by atoms with E-state index in [2.05, 4.69) is 20.9 Å². The van der Waals surface area contributed by atoms with Crippen LogP contribution in [0, 0.1) is 0 Å². The first-order chi connectivity index (χ1) is 9.45. The lowest BCUT2D eigenvalue weighted by atomic mass is 9.96. The topological polar surface area (TPSA) is 81.9 Å². The fourth-order valence-electron chi connectivity index (χ4n) is 1.38. The Bertz CT molecular complexity index is 574. The average molecular weight is 275 g/mol. The number of hydroxylamine groups is 1. The molecule has 1 heterocycles. The summed E-state index contributed by atoms with van der Waals surface area (Å²) in [6.45, 7) is 5.89. The summed E-state index contributed by atoms with van der Waals surface area (Å²) in [5.74, 6) is 0.795. The molecule has 0 spiro atoms. The first-order valence-electron chi connectivity index (χ1n) is 6.24. The molecule has 1 amide bonds. The third kappa shape index (κ3) is 3.78. The molecule has 2 aromatic rings. The molecule has 0 saturated heterocycles. The van der Waals surface area contributed by atoms with Crippen LogP contribution in [0.15, 0.2) is 30.3 Å². The number of carbonyl (C=O) groups is 1. The molecule has 0 aliphatic carbocycles. The molecule has 0 aliphatic heterocycles. The van der Waals surface area contributed by atoms with Crippen LogP contribution < -0.4 is 10.3 Å². The summed E-state index contributed by atoms with van der Waals surface area (Å²) in [6, 6.07) is 8.98. The molecule has 0 aliphatic rings. The molecule has 7 heteroatoms. The van der Waals surface area contributed by atoms with Gasteiger partial charge in [-0.15, -0.1) is 10.2 Å². The van der Waals surface area contributed by atoms with Crippen molar-refractivity contribution in [3.05, 3.63) is 36.2 Å². The minimum absolute atomic E-state index is 0.0457. The molecule has 1 aromatic carbocycles. The SMILES string of the molecule is CC(C)(C)c1nnn(CC(=O)NOc2ccccc2)n1. The number of nitrogens with zero attached hydrogens (tertiary/aromatic N) is 4. The highest BCUT2D eigenvalue weighted by atomic mass is 16.7. The number of carbonyl (C=O) groups excluding carboxylic acids is 1. The third-order valence-corrected chi connectivity index (χ3v) is 2.43. The van der Waals surface area contributed by atoms with Gasteiger partial charge in [-0.05, 0) is 17.3 Å². The molecule has 0 radical (unpaired) electrons. The van der Waals surface area contributed by atoms with Crippen molar-refractivity contribution in [2.75, 3.05) is 0 Å². The average Bonchev–Trinajstić information content (AvgIpc) is 2.86. The molecule has 0 atom stereocenters. The van der Waals surface area contributed by atoms with E-state index in [1.165, 1.54) is 4.80 Å². The molecule has 0 saturated carbocycles. The van der Waals surface area contributed by atoms with E-state index in [0.29, 0.717) is 11.6 Å². The van der Waals surface area contributed by atoms with Gasteiger partial charge in [-0.2, -0.15) is 10.3 Å². The summed E-state index contributed by atoms with van der Waals surface area (Å²) in [5.41, 5.74) is 2.13. The van der Waals surface area contributed by atoms with Gasteiger partial charge in [0, 0.05) is 5.41 Å². The molecule has 0 unspecified atom stereocenters. The Labute approximate surface area is 116 Å². The minimum atomic E-state index is -0.355. The Hall–Kier alpha value is -2.44. The van der Waals surface area contributed by atoms with Crippen molar-refractivity contribution >= 4 is 5.91 Å². The molecule has 2 rings (SSSR count). The van der Waals surface area contributed by atoms with Crippen molar-refractivity contribution in [3.63, 3.8) is 0 Å². The number of nitrogens with one attached hydrogen (secondary N) is 1. The van der Waals surface area contributed by atoms with Crippen molar-refractivity contribution in [3.8, 4) is 5.75 Å². The number of amides is 1. The molecule has 0 fully saturated rings. The number of hydrogen-bond donors (Lipinski definition) is 1. The fraction of sp³-hybridized carbons (Fsp3) is 0.385. The van der Waals surface area contributed by atoms with Gasteiger partial charge in [0.25, 0.3) is 5.91 Å². The van der Waals surface area contributed by atoms with Crippen molar-refractivity contribution in [1.29, 1.82) is 0 Å². The van der Waals surface area contributed by atoms with Crippen LogP contribution in [0.5, 0.6) is 5.75 Å². The van der Waals surface area contributed by atoms with Gasteiger partial charge in [0.05, 0.1) is 0 Å². The van der Waals surface area contributed by atoms with E-state index < -0.39 is 0 Å². The van der Waals surface area contributed by atoms with Gasteiger partial charge in [0.15, 0.2) is 11.6 Å². The number of benzene rings is 1.